The average Bonchev–Trinajstić information content (AvgIpc) is 3.15. The lowest BCUT2D eigenvalue weighted by Gasteiger charge is -2.26. The van der Waals surface area contributed by atoms with Gasteiger partial charge >= 0.3 is 0 Å². The molecule has 2 aromatic rings. The second-order valence-corrected chi connectivity index (χ2v) is 6.56. The minimum Gasteiger partial charge on any atom is -0.497 e. The van der Waals surface area contributed by atoms with Gasteiger partial charge < -0.3 is 4.74 Å². The van der Waals surface area contributed by atoms with Gasteiger partial charge in [-0.1, -0.05) is 17.4 Å². The van der Waals surface area contributed by atoms with Crippen LogP contribution in [-0.4, -0.2) is 36.0 Å². The van der Waals surface area contributed by atoms with Gasteiger partial charge in [0, 0.05) is 11.3 Å². The van der Waals surface area contributed by atoms with Crippen molar-refractivity contribution in [3.63, 3.8) is 0 Å². The number of pyridine rings is 1. The van der Waals surface area contributed by atoms with Crippen molar-refractivity contribution in [2.75, 3.05) is 20.2 Å². The Hall–Kier alpha value is -2.76. The molecular formula is C19H19N5O. The zero-order valence-corrected chi connectivity index (χ0v) is 14.2. The van der Waals surface area contributed by atoms with Crippen LogP contribution in [0.3, 0.4) is 0 Å². The number of fused-ring (bicyclic) bond motifs is 4. The third kappa shape index (κ3) is 2.24. The van der Waals surface area contributed by atoms with Crippen molar-refractivity contribution in [1.82, 2.24) is 9.99 Å². The highest BCUT2D eigenvalue weighted by Crippen LogP contribution is 2.41. The van der Waals surface area contributed by atoms with E-state index >= 15 is 0 Å². The number of aromatic nitrogens is 1. The minimum absolute atomic E-state index is 0.711. The molecule has 3 heterocycles. The van der Waals surface area contributed by atoms with Crippen molar-refractivity contribution >= 4 is 11.7 Å². The van der Waals surface area contributed by atoms with Gasteiger partial charge in [0.15, 0.2) is 11.7 Å². The van der Waals surface area contributed by atoms with Crippen LogP contribution in [0.4, 0.5) is 5.82 Å². The topological polar surface area (TPSA) is 62.4 Å². The molecule has 1 aliphatic carbocycles. The van der Waals surface area contributed by atoms with Crippen LogP contribution in [0.2, 0.25) is 0 Å². The molecule has 0 N–H and O–H groups in total. The van der Waals surface area contributed by atoms with E-state index in [9.17, 15) is 0 Å². The summed E-state index contributed by atoms with van der Waals surface area (Å²) in [6, 6.07) is 8.26. The lowest BCUT2D eigenvalue weighted by atomic mass is 9.86. The molecule has 126 valence electrons. The molecule has 2 aliphatic heterocycles. The number of amidine groups is 1. The van der Waals surface area contributed by atoms with E-state index in [0.717, 1.165) is 43.1 Å². The van der Waals surface area contributed by atoms with Crippen molar-refractivity contribution in [3.8, 4) is 16.9 Å². The largest absolute Gasteiger partial charge is 0.497 e. The third-order valence-electron chi connectivity index (χ3n) is 5.12. The Morgan fingerprint density at radius 1 is 1.04 bits per heavy atom. The van der Waals surface area contributed by atoms with Gasteiger partial charge in [-0.2, -0.15) is 0 Å². The SMILES string of the molecule is COc1ccc(-c2c3c(nc4c2C2=NCCN2N=N4)CCCC3)cc1. The van der Waals surface area contributed by atoms with Crippen molar-refractivity contribution in [3.05, 3.63) is 41.1 Å². The fraction of sp³-hybridized carbons (Fsp3) is 0.368. The highest BCUT2D eigenvalue weighted by Gasteiger charge is 2.32. The number of hydrogen-bond acceptors (Lipinski definition) is 6. The maximum absolute atomic E-state index is 5.32. The van der Waals surface area contributed by atoms with Crippen molar-refractivity contribution in [1.29, 1.82) is 0 Å². The van der Waals surface area contributed by atoms with Gasteiger partial charge in [-0.3, -0.25) is 4.99 Å². The Morgan fingerprint density at radius 3 is 2.72 bits per heavy atom. The Labute approximate surface area is 146 Å². The van der Waals surface area contributed by atoms with Crippen LogP contribution in [0.15, 0.2) is 39.6 Å². The Bertz CT molecular complexity index is 901. The number of nitrogens with zero attached hydrogens (tertiary/aromatic N) is 5. The molecule has 0 unspecified atom stereocenters. The second kappa shape index (κ2) is 5.65. The highest BCUT2D eigenvalue weighted by molar-refractivity contribution is 6.09. The van der Waals surface area contributed by atoms with Gasteiger partial charge in [0.1, 0.15) is 5.75 Å². The van der Waals surface area contributed by atoms with Gasteiger partial charge in [-0.05, 0) is 48.9 Å². The fourth-order valence-electron chi connectivity index (χ4n) is 3.92. The first kappa shape index (κ1) is 14.6. The van der Waals surface area contributed by atoms with Gasteiger partial charge in [0.2, 0.25) is 0 Å². The highest BCUT2D eigenvalue weighted by atomic mass is 16.5. The van der Waals surface area contributed by atoms with Crippen LogP contribution in [0, 0.1) is 0 Å². The summed E-state index contributed by atoms with van der Waals surface area (Å²) in [5.74, 6) is 2.49. The van der Waals surface area contributed by atoms with Crippen molar-refractivity contribution < 1.29 is 4.74 Å². The van der Waals surface area contributed by atoms with Crippen LogP contribution in [0.5, 0.6) is 5.75 Å². The molecule has 0 radical (unpaired) electrons. The van der Waals surface area contributed by atoms with Gasteiger partial charge in [-0.25, -0.2) is 9.99 Å². The maximum atomic E-state index is 5.32. The predicted molar refractivity (Wildman–Crippen MR) is 95.5 cm³/mol. The van der Waals surface area contributed by atoms with Crippen LogP contribution in [-0.2, 0) is 12.8 Å². The Kier molecular flexibility index (Phi) is 3.29. The lowest BCUT2D eigenvalue weighted by molar-refractivity contribution is 0.415. The summed E-state index contributed by atoms with van der Waals surface area (Å²) in [5, 5.41) is 10.6. The van der Waals surface area contributed by atoms with E-state index < -0.39 is 0 Å². The van der Waals surface area contributed by atoms with E-state index in [4.69, 9.17) is 14.7 Å². The molecular weight excluding hydrogens is 314 g/mol. The van der Waals surface area contributed by atoms with Crippen molar-refractivity contribution in [2.24, 2.45) is 15.3 Å². The summed E-state index contributed by atoms with van der Waals surface area (Å²) in [4.78, 5) is 9.53. The van der Waals surface area contributed by atoms with E-state index in [0.29, 0.717) is 5.82 Å². The Balaban J connectivity index is 1.79. The number of benzene rings is 1. The molecule has 6 heteroatoms. The monoisotopic (exact) mass is 333 g/mol. The molecule has 0 saturated carbocycles. The number of aliphatic imine (C=N–C) groups is 1. The summed E-state index contributed by atoms with van der Waals surface area (Å²) >= 11 is 0. The van der Waals surface area contributed by atoms with Crippen molar-refractivity contribution in [2.45, 2.75) is 25.7 Å². The fourth-order valence-corrected chi connectivity index (χ4v) is 3.92. The summed E-state index contributed by atoms with van der Waals surface area (Å²) in [6.45, 7) is 1.55. The van der Waals surface area contributed by atoms with Gasteiger partial charge in [-0.15, -0.1) is 5.11 Å². The lowest BCUT2D eigenvalue weighted by Crippen LogP contribution is -2.27. The first-order valence-electron chi connectivity index (χ1n) is 8.79. The molecule has 1 aromatic carbocycles. The normalized spacial score (nSPS) is 17.6. The molecule has 1 aromatic heterocycles. The molecule has 3 aliphatic rings. The molecule has 0 amide bonds. The maximum Gasteiger partial charge on any atom is 0.188 e. The zero-order valence-electron chi connectivity index (χ0n) is 14.2. The average molecular weight is 333 g/mol. The number of ether oxygens (including phenoxy) is 1. The molecule has 0 spiro atoms. The molecule has 0 atom stereocenters. The molecule has 25 heavy (non-hydrogen) atoms. The quantitative estimate of drug-likeness (QED) is 0.841. The summed E-state index contributed by atoms with van der Waals surface area (Å²) in [7, 11) is 1.69. The van der Waals surface area contributed by atoms with Crippen LogP contribution in [0.25, 0.3) is 11.1 Å². The van der Waals surface area contributed by atoms with E-state index in [2.05, 4.69) is 22.5 Å². The number of rotatable bonds is 2. The first-order valence-corrected chi connectivity index (χ1v) is 8.79. The molecule has 0 bridgehead atoms. The first-order chi connectivity index (χ1) is 12.3. The van der Waals surface area contributed by atoms with Crippen LogP contribution >= 0.6 is 0 Å². The summed E-state index contributed by atoms with van der Waals surface area (Å²) in [5.41, 5.74) is 5.96. The number of methoxy groups -OCH3 is 1. The van der Waals surface area contributed by atoms with E-state index in [1.54, 1.807) is 7.11 Å². The molecule has 5 rings (SSSR count). The Morgan fingerprint density at radius 2 is 1.88 bits per heavy atom. The molecule has 0 saturated heterocycles. The van der Waals surface area contributed by atoms with Crippen LogP contribution in [0.1, 0.15) is 29.7 Å². The number of aryl methyl sites for hydroxylation is 1. The van der Waals surface area contributed by atoms with Gasteiger partial charge in [0.25, 0.3) is 0 Å². The molecule has 0 fully saturated rings. The third-order valence-corrected chi connectivity index (χ3v) is 5.12. The van der Waals surface area contributed by atoms with E-state index in [-0.39, 0.29) is 0 Å². The smallest absolute Gasteiger partial charge is 0.188 e. The van der Waals surface area contributed by atoms with Gasteiger partial charge in [0.05, 0.1) is 25.8 Å². The van der Waals surface area contributed by atoms with E-state index in [1.807, 2.05) is 17.1 Å². The predicted octanol–water partition coefficient (Wildman–Crippen LogP) is 3.71. The second-order valence-electron chi connectivity index (χ2n) is 6.56. The summed E-state index contributed by atoms with van der Waals surface area (Å²) < 4.78 is 5.32. The number of hydrogen-bond donors (Lipinski definition) is 0. The zero-order chi connectivity index (χ0) is 16.8. The standard InChI is InChI=1S/C19H19N5O/c1-25-13-8-6-12(7-9-13)16-14-4-2-3-5-15(14)21-18-17(16)19-20-10-11-24(19)23-22-18/h6-9H,2-5,10-11H2,1H3. The minimum atomic E-state index is 0.711. The van der Waals surface area contributed by atoms with Crippen LogP contribution < -0.4 is 4.74 Å². The van der Waals surface area contributed by atoms with E-state index in [1.165, 1.54) is 35.2 Å². The molecule has 6 nitrogen and oxygen atoms in total. The summed E-state index contributed by atoms with van der Waals surface area (Å²) in [6.07, 6.45) is 4.46.